The van der Waals surface area contributed by atoms with Gasteiger partial charge in [0.05, 0.1) is 11.1 Å². The van der Waals surface area contributed by atoms with Crippen LogP contribution in [0.2, 0.25) is 0 Å². The zero-order valence-corrected chi connectivity index (χ0v) is 17.3. The first-order chi connectivity index (χ1) is 13.5. The number of benzene rings is 2. The molecule has 8 nitrogen and oxygen atoms in total. The molecular weight excluding hydrogens is 392 g/mol. The Kier molecular flexibility index (Phi) is 5.34. The third-order valence-electron chi connectivity index (χ3n) is 4.28. The largest absolute Gasteiger partial charge is 0.478 e. The summed E-state index contributed by atoms with van der Waals surface area (Å²) in [7, 11) is -1.15. The highest BCUT2D eigenvalue weighted by atomic mass is 32.3. The molecule has 4 N–H and O–H groups in total. The van der Waals surface area contributed by atoms with E-state index in [1.807, 2.05) is 6.07 Å². The summed E-state index contributed by atoms with van der Waals surface area (Å²) in [6, 6.07) is 10.0. The molecule has 1 aliphatic rings. The number of aryl methyl sites for hydroxylation is 1. The van der Waals surface area contributed by atoms with Crippen molar-refractivity contribution in [1.82, 2.24) is 10.9 Å². The van der Waals surface area contributed by atoms with Crippen molar-refractivity contribution in [3.05, 3.63) is 64.2 Å². The first-order valence-corrected chi connectivity index (χ1v) is 11.5. The van der Waals surface area contributed by atoms with Gasteiger partial charge in [0, 0.05) is 11.1 Å². The smallest absolute Gasteiger partial charge is 0.335 e. The lowest BCUT2D eigenvalue weighted by Gasteiger charge is -2.27. The van der Waals surface area contributed by atoms with E-state index in [0.29, 0.717) is 22.8 Å². The number of hydrazone groups is 2. The van der Waals surface area contributed by atoms with Gasteiger partial charge in [0.15, 0.2) is 11.7 Å². The van der Waals surface area contributed by atoms with Crippen LogP contribution in [0.25, 0.3) is 0 Å². The Morgan fingerprint density at radius 1 is 0.793 bits per heavy atom. The SMILES string of the molecule is Cc1cc(C(=O)O)cc(C2=NNC(c3cc(C(=O)O)cc(S(C)(C)C)c3)=NN2)c1. The molecule has 0 unspecified atom stereocenters. The molecule has 0 saturated carbocycles. The highest BCUT2D eigenvalue weighted by molar-refractivity contribution is 8.32. The minimum atomic E-state index is -1.15. The monoisotopic (exact) mass is 414 g/mol. The van der Waals surface area contributed by atoms with Gasteiger partial charge in [-0.15, -0.1) is 0 Å². The van der Waals surface area contributed by atoms with Gasteiger partial charge in [-0.1, -0.05) is 0 Å². The number of hydrogen-bond donors (Lipinski definition) is 4. The zero-order valence-electron chi connectivity index (χ0n) is 16.5. The van der Waals surface area contributed by atoms with Crippen LogP contribution in [0.1, 0.15) is 37.4 Å². The normalized spacial score (nSPS) is 14.2. The summed E-state index contributed by atoms with van der Waals surface area (Å²) < 4.78 is 0. The lowest BCUT2D eigenvalue weighted by atomic mass is 10.1. The minimum absolute atomic E-state index is 0.159. The van der Waals surface area contributed by atoms with Gasteiger partial charge in [-0.05, 0) is 72.5 Å². The molecule has 1 aliphatic heterocycles. The standard InChI is InChI=1S/C20H22N4O4S/c1-11-5-12(7-14(6-11)19(25)26)17-21-23-18(24-22-17)13-8-15(20(27)28)10-16(9-13)29(2,3)4/h5-10H,1-4H3,(H,21,22)(H,23,24)(H,25,26)(H,27,28). The average Bonchev–Trinajstić information content (AvgIpc) is 2.66. The molecule has 2 aromatic rings. The molecule has 0 aromatic heterocycles. The van der Waals surface area contributed by atoms with E-state index in [-0.39, 0.29) is 11.1 Å². The first-order valence-electron chi connectivity index (χ1n) is 8.64. The van der Waals surface area contributed by atoms with Gasteiger partial charge in [0.1, 0.15) is 0 Å². The fourth-order valence-corrected chi connectivity index (χ4v) is 3.74. The van der Waals surface area contributed by atoms with E-state index in [0.717, 1.165) is 10.5 Å². The summed E-state index contributed by atoms with van der Waals surface area (Å²) in [6.07, 6.45) is 6.25. The molecule has 0 amide bonds. The van der Waals surface area contributed by atoms with E-state index in [1.54, 1.807) is 31.2 Å². The summed E-state index contributed by atoms with van der Waals surface area (Å²) in [6.45, 7) is 1.80. The number of hydrogen-bond acceptors (Lipinski definition) is 6. The molecule has 0 spiro atoms. The molecule has 0 radical (unpaired) electrons. The number of carboxylic acid groups (broad SMARTS) is 2. The van der Waals surface area contributed by atoms with E-state index in [1.165, 1.54) is 6.07 Å². The average molecular weight is 414 g/mol. The van der Waals surface area contributed by atoms with Crippen LogP contribution in [0, 0.1) is 6.92 Å². The molecule has 152 valence electrons. The van der Waals surface area contributed by atoms with Crippen molar-refractivity contribution in [3.63, 3.8) is 0 Å². The molecule has 3 rings (SSSR count). The second-order valence-electron chi connectivity index (χ2n) is 7.43. The van der Waals surface area contributed by atoms with Crippen LogP contribution in [0.3, 0.4) is 0 Å². The highest BCUT2D eigenvalue weighted by Crippen LogP contribution is 2.45. The van der Waals surface area contributed by atoms with Crippen molar-refractivity contribution in [2.75, 3.05) is 18.8 Å². The third kappa shape index (κ3) is 4.57. The number of nitrogens with one attached hydrogen (secondary N) is 2. The van der Waals surface area contributed by atoms with Crippen molar-refractivity contribution in [1.29, 1.82) is 0 Å². The molecule has 0 fully saturated rings. The van der Waals surface area contributed by atoms with Crippen LogP contribution in [-0.4, -0.2) is 52.6 Å². The van der Waals surface area contributed by atoms with E-state index in [2.05, 4.69) is 39.8 Å². The van der Waals surface area contributed by atoms with Crippen molar-refractivity contribution in [2.45, 2.75) is 11.8 Å². The Balaban J connectivity index is 1.92. The Morgan fingerprint density at radius 3 is 1.72 bits per heavy atom. The Morgan fingerprint density at radius 2 is 1.28 bits per heavy atom. The molecule has 0 saturated heterocycles. The van der Waals surface area contributed by atoms with Gasteiger partial charge >= 0.3 is 11.9 Å². The molecule has 1 heterocycles. The molecular formula is C20H22N4O4S. The number of nitrogens with zero attached hydrogens (tertiary/aromatic N) is 2. The van der Waals surface area contributed by atoms with E-state index >= 15 is 0 Å². The summed E-state index contributed by atoms with van der Waals surface area (Å²) in [5.41, 5.74) is 7.98. The topological polar surface area (TPSA) is 123 Å². The molecule has 29 heavy (non-hydrogen) atoms. The predicted octanol–water partition coefficient (Wildman–Crippen LogP) is 2.66. The summed E-state index contributed by atoms with van der Waals surface area (Å²) in [4.78, 5) is 23.7. The number of amidine groups is 2. The van der Waals surface area contributed by atoms with Crippen molar-refractivity contribution in [3.8, 4) is 0 Å². The molecule has 0 aliphatic carbocycles. The van der Waals surface area contributed by atoms with Crippen molar-refractivity contribution in [2.24, 2.45) is 10.2 Å². The zero-order chi connectivity index (χ0) is 21.3. The van der Waals surface area contributed by atoms with E-state index < -0.39 is 22.0 Å². The fourth-order valence-electron chi connectivity index (χ4n) is 2.78. The minimum Gasteiger partial charge on any atom is -0.478 e. The number of carbonyl (C=O) groups is 2. The summed E-state index contributed by atoms with van der Waals surface area (Å²) in [5.74, 6) is -1.28. The van der Waals surface area contributed by atoms with Crippen LogP contribution in [0.4, 0.5) is 0 Å². The third-order valence-corrected chi connectivity index (χ3v) is 5.93. The number of rotatable bonds is 5. The van der Waals surface area contributed by atoms with Crippen LogP contribution in [0.5, 0.6) is 0 Å². The van der Waals surface area contributed by atoms with Crippen LogP contribution in [0.15, 0.2) is 51.5 Å². The van der Waals surface area contributed by atoms with Gasteiger partial charge < -0.3 is 10.2 Å². The maximum atomic E-state index is 11.5. The molecule has 9 heteroatoms. The fraction of sp³-hybridized carbons (Fsp3) is 0.200. The molecule has 2 aromatic carbocycles. The van der Waals surface area contributed by atoms with Crippen LogP contribution >= 0.6 is 10.0 Å². The van der Waals surface area contributed by atoms with Gasteiger partial charge in [0.2, 0.25) is 0 Å². The predicted molar refractivity (Wildman–Crippen MR) is 115 cm³/mol. The van der Waals surface area contributed by atoms with Crippen LogP contribution in [-0.2, 0) is 0 Å². The maximum absolute atomic E-state index is 11.5. The summed E-state index contributed by atoms with van der Waals surface area (Å²) in [5, 5.41) is 27.2. The molecule has 0 atom stereocenters. The highest BCUT2D eigenvalue weighted by Gasteiger charge is 2.19. The second-order valence-corrected chi connectivity index (χ2v) is 11.6. The van der Waals surface area contributed by atoms with Gasteiger partial charge in [-0.3, -0.25) is 10.9 Å². The summed E-state index contributed by atoms with van der Waals surface area (Å²) >= 11 is 0. The lowest BCUT2D eigenvalue weighted by Crippen LogP contribution is -2.34. The quantitative estimate of drug-likeness (QED) is 0.596. The van der Waals surface area contributed by atoms with Gasteiger partial charge in [-0.2, -0.15) is 10.2 Å². The van der Waals surface area contributed by atoms with Crippen molar-refractivity contribution >= 4 is 33.6 Å². The lowest BCUT2D eigenvalue weighted by molar-refractivity contribution is 0.0686. The number of carboxylic acids is 2. The van der Waals surface area contributed by atoms with Gasteiger partial charge in [0.25, 0.3) is 0 Å². The van der Waals surface area contributed by atoms with Gasteiger partial charge in [-0.25, -0.2) is 19.6 Å². The maximum Gasteiger partial charge on any atom is 0.335 e. The van der Waals surface area contributed by atoms with E-state index in [9.17, 15) is 19.8 Å². The number of aromatic carboxylic acids is 2. The van der Waals surface area contributed by atoms with Crippen molar-refractivity contribution < 1.29 is 19.8 Å². The Bertz CT molecular complexity index is 1070. The first kappa shape index (κ1) is 20.4. The second kappa shape index (κ2) is 7.59. The Labute approximate surface area is 169 Å². The molecule has 0 bridgehead atoms. The van der Waals surface area contributed by atoms with Crippen LogP contribution < -0.4 is 10.9 Å². The Hall–Kier alpha value is -3.33. The van der Waals surface area contributed by atoms with E-state index in [4.69, 9.17) is 0 Å².